The van der Waals surface area contributed by atoms with E-state index in [0.717, 1.165) is 29.3 Å². The second-order valence-electron chi connectivity index (χ2n) is 10.4. The van der Waals surface area contributed by atoms with Crippen molar-refractivity contribution in [2.75, 3.05) is 13.2 Å². The summed E-state index contributed by atoms with van der Waals surface area (Å²) in [4.78, 5) is 25.1. The van der Waals surface area contributed by atoms with E-state index in [4.69, 9.17) is 9.47 Å². The Balaban J connectivity index is 1.14. The Morgan fingerprint density at radius 2 is 1.80 bits per heavy atom. The molecule has 1 fully saturated rings. The van der Waals surface area contributed by atoms with Crippen LogP contribution in [0.15, 0.2) is 85.1 Å². The number of carbonyl (C=O) groups excluding carboxylic acids is 2. The first kappa shape index (κ1) is 27.4. The third kappa shape index (κ3) is 7.29. The number of aromatic nitrogens is 1. The maximum absolute atomic E-state index is 13.4. The number of ether oxygens (including phenoxy) is 2. The highest BCUT2D eigenvalue weighted by molar-refractivity contribution is 6.13. The lowest BCUT2D eigenvalue weighted by atomic mass is 10.0. The van der Waals surface area contributed by atoms with Crippen LogP contribution in [-0.4, -0.2) is 29.4 Å². The Morgan fingerprint density at radius 3 is 2.55 bits per heavy atom. The van der Waals surface area contributed by atoms with Crippen molar-refractivity contribution < 1.29 is 19.1 Å². The monoisotopic (exact) mass is 535 g/mol. The third-order valence-electron chi connectivity index (χ3n) is 7.30. The number of fused-ring (bicyclic) bond motifs is 1. The fourth-order valence-corrected chi connectivity index (χ4v) is 4.99. The number of rotatable bonds is 14. The molecule has 0 radical (unpaired) electrons. The van der Waals surface area contributed by atoms with Crippen LogP contribution in [0.3, 0.4) is 0 Å². The van der Waals surface area contributed by atoms with Gasteiger partial charge in [0, 0.05) is 29.4 Å². The molecule has 5 rings (SSSR count). The van der Waals surface area contributed by atoms with Crippen molar-refractivity contribution in [3.05, 3.63) is 113 Å². The summed E-state index contributed by atoms with van der Waals surface area (Å²) < 4.78 is 13.0. The molecule has 0 amide bonds. The van der Waals surface area contributed by atoms with Crippen molar-refractivity contribution in [1.82, 2.24) is 4.40 Å². The minimum atomic E-state index is -0.188. The lowest BCUT2D eigenvalue weighted by Gasteiger charge is -2.06. The zero-order chi connectivity index (χ0) is 27.7. The van der Waals surface area contributed by atoms with Gasteiger partial charge in [-0.1, -0.05) is 42.5 Å². The average molecular weight is 536 g/mol. The number of nitrogens with zero attached hydrogens (tertiary/aromatic N) is 1. The third-order valence-corrected chi connectivity index (χ3v) is 7.30. The van der Waals surface area contributed by atoms with Gasteiger partial charge in [0.1, 0.15) is 5.75 Å². The van der Waals surface area contributed by atoms with Crippen molar-refractivity contribution in [1.29, 1.82) is 0 Å². The molecule has 1 aliphatic rings. The van der Waals surface area contributed by atoms with E-state index in [1.54, 1.807) is 0 Å². The van der Waals surface area contributed by atoms with E-state index in [-0.39, 0.29) is 11.8 Å². The van der Waals surface area contributed by atoms with Gasteiger partial charge in [-0.2, -0.15) is 0 Å². The topological polar surface area (TPSA) is 57.0 Å². The summed E-state index contributed by atoms with van der Waals surface area (Å²) in [5.74, 6) is 1.44. The summed E-state index contributed by atoms with van der Waals surface area (Å²) in [6, 6.07) is 24.0. The van der Waals surface area contributed by atoms with Crippen LogP contribution in [0.1, 0.15) is 71.8 Å². The van der Waals surface area contributed by atoms with Crippen molar-refractivity contribution in [2.24, 2.45) is 5.92 Å². The molecule has 5 heteroatoms. The van der Waals surface area contributed by atoms with Gasteiger partial charge in [-0.25, -0.2) is 0 Å². The van der Waals surface area contributed by atoms with E-state index in [0.29, 0.717) is 43.6 Å². The van der Waals surface area contributed by atoms with E-state index >= 15 is 0 Å². The van der Waals surface area contributed by atoms with Gasteiger partial charge in [0.25, 0.3) is 0 Å². The Kier molecular flexibility index (Phi) is 9.12. The van der Waals surface area contributed by atoms with Crippen LogP contribution < -0.4 is 4.74 Å². The maximum atomic E-state index is 13.4. The standard InChI is InChI=1S/C35H37NO4/c1-2-39-34(37)11-7-9-30-25-32(33-10-3-5-22-36(30)33)35(38)29-18-20-31(21-19-29)40-23-6-4-8-26-12-14-27(15-13-26)24-28-16-17-28/h3-5,8,10,12-15,18-22,25,28H,2,6-7,9,11,16-17,23-24H2,1H3. The highest BCUT2D eigenvalue weighted by Crippen LogP contribution is 2.32. The van der Waals surface area contributed by atoms with Gasteiger partial charge >= 0.3 is 5.97 Å². The van der Waals surface area contributed by atoms with Crippen molar-refractivity contribution in [3.63, 3.8) is 0 Å². The lowest BCUT2D eigenvalue weighted by molar-refractivity contribution is -0.143. The van der Waals surface area contributed by atoms with Crippen molar-refractivity contribution in [3.8, 4) is 5.75 Å². The fourth-order valence-electron chi connectivity index (χ4n) is 4.99. The second-order valence-corrected chi connectivity index (χ2v) is 10.4. The number of esters is 1. The van der Waals surface area contributed by atoms with E-state index < -0.39 is 0 Å². The summed E-state index contributed by atoms with van der Waals surface area (Å²) >= 11 is 0. The number of aryl methyl sites for hydroxylation is 1. The molecule has 2 aromatic heterocycles. The smallest absolute Gasteiger partial charge is 0.305 e. The van der Waals surface area contributed by atoms with Gasteiger partial charge < -0.3 is 13.9 Å². The normalized spacial score (nSPS) is 13.1. The Bertz CT molecular complexity index is 1460. The van der Waals surface area contributed by atoms with Crippen molar-refractivity contribution >= 4 is 23.3 Å². The fraction of sp³-hybridized carbons (Fsp3) is 0.314. The molecule has 4 aromatic rings. The first-order chi connectivity index (χ1) is 19.6. The molecular formula is C35H37NO4. The molecular weight excluding hydrogens is 498 g/mol. The number of carbonyl (C=O) groups is 2. The highest BCUT2D eigenvalue weighted by Gasteiger charge is 2.21. The van der Waals surface area contributed by atoms with Crippen LogP contribution in [0.4, 0.5) is 0 Å². The minimum absolute atomic E-state index is 0.0297. The highest BCUT2D eigenvalue weighted by atomic mass is 16.5. The van der Waals surface area contributed by atoms with E-state index in [2.05, 4.69) is 36.4 Å². The van der Waals surface area contributed by atoms with Crippen LogP contribution >= 0.6 is 0 Å². The summed E-state index contributed by atoms with van der Waals surface area (Å²) in [6.07, 6.45) is 12.7. The molecule has 0 bridgehead atoms. The van der Waals surface area contributed by atoms with Gasteiger partial charge in [0.15, 0.2) is 5.78 Å². The van der Waals surface area contributed by atoms with Crippen LogP contribution in [-0.2, 0) is 22.4 Å². The Hall–Kier alpha value is -4.12. The van der Waals surface area contributed by atoms with Gasteiger partial charge in [0.05, 0.1) is 18.7 Å². The molecule has 0 aliphatic heterocycles. The lowest BCUT2D eigenvalue weighted by Crippen LogP contribution is -2.04. The summed E-state index contributed by atoms with van der Waals surface area (Å²) in [6.45, 7) is 2.77. The molecule has 1 saturated carbocycles. The summed E-state index contributed by atoms with van der Waals surface area (Å²) in [5.41, 5.74) is 5.79. The number of hydrogen-bond acceptors (Lipinski definition) is 4. The summed E-state index contributed by atoms with van der Waals surface area (Å²) in [5, 5.41) is 0. The molecule has 0 saturated heterocycles. The molecule has 0 spiro atoms. The molecule has 2 aromatic carbocycles. The Labute approximate surface area is 236 Å². The van der Waals surface area contributed by atoms with Gasteiger partial charge in [0.2, 0.25) is 0 Å². The zero-order valence-corrected chi connectivity index (χ0v) is 23.2. The predicted molar refractivity (Wildman–Crippen MR) is 159 cm³/mol. The van der Waals surface area contributed by atoms with E-state index in [9.17, 15) is 9.59 Å². The number of benzene rings is 2. The average Bonchev–Trinajstić information content (AvgIpc) is 3.72. The van der Waals surface area contributed by atoms with Crippen molar-refractivity contribution in [2.45, 2.75) is 51.9 Å². The predicted octanol–water partition coefficient (Wildman–Crippen LogP) is 7.49. The molecule has 2 heterocycles. The van der Waals surface area contributed by atoms with E-state index in [1.165, 1.54) is 30.4 Å². The summed E-state index contributed by atoms with van der Waals surface area (Å²) in [7, 11) is 0. The van der Waals surface area contributed by atoms with Gasteiger partial charge in [-0.15, -0.1) is 0 Å². The first-order valence-electron chi connectivity index (χ1n) is 14.4. The largest absolute Gasteiger partial charge is 0.493 e. The number of pyridine rings is 1. The SMILES string of the molecule is CCOC(=O)CCCc1cc(C(=O)c2ccc(OCCC=Cc3ccc(CC4CC4)cc3)cc2)c2ccccn12. The molecule has 0 atom stereocenters. The molecule has 40 heavy (non-hydrogen) atoms. The molecule has 0 unspecified atom stereocenters. The number of hydrogen-bond donors (Lipinski definition) is 0. The van der Waals surface area contributed by atoms with Crippen LogP contribution in [0, 0.1) is 5.92 Å². The molecule has 206 valence electrons. The first-order valence-corrected chi connectivity index (χ1v) is 14.4. The molecule has 1 aliphatic carbocycles. The van der Waals surface area contributed by atoms with Crippen LogP contribution in [0.2, 0.25) is 0 Å². The molecule has 0 N–H and O–H groups in total. The second kappa shape index (κ2) is 13.3. The van der Waals surface area contributed by atoms with E-state index in [1.807, 2.05) is 66.1 Å². The minimum Gasteiger partial charge on any atom is -0.493 e. The molecule has 5 nitrogen and oxygen atoms in total. The Morgan fingerprint density at radius 1 is 1.00 bits per heavy atom. The van der Waals surface area contributed by atoms with Crippen LogP contribution in [0.25, 0.3) is 11.6 Å². The quantitative estimate of drug-likeness (QED) is 0.0954. The van der Waals surface area contributed by atoms with Gasteiger partial charge in [-0.3, -0.25) is 9.59 Å². The van der Waals surface area contributed by atoms with Crippen LogP contribution in [0.5, 0.6) is 5.75 Å². The zero-order valence-electron chi connectivity index (χ0n) is 23.2. The number of ketones is 1. The maximum Gasteiger partial charge on any atom is 0.305 e. The van der Waals surface area contributed by atoms with Gasteiger partial charge in [-0.05, 0) is 105 Å².